The smallest absolute Gasteiger partial charge is 0.255 e. The van der Waals surface area contributed by atoms with Crippen LogP contribution in [0.5, 0.6) is 0 Å². The van der Waals surface area contributed by atoms with Gasteiger partial charge in [0.25, 0.3) is 10.0 Å². The molecule has 0 aliphatic heterocycles. The molecule has 21 heavy (non-hydrogen) atoms. The Morgan fingerprint density at radius 2 is 2.10 bits per heavy atom. The van der Waals surface area contributed by atoms with Crippen molar-refractivity contribution in [2.75, 3.05) is 4.72 Å². The number of thiazole rings is 1. The zero-order chi connectivity index (χ0) is 15.0. The number of sulfonamides is 1. The van der Waals surface area contributed by atoms with Crippen LogP contribution in [0.2, 0.25) is 5.15 Å². The average molecular weight is 340 g/mol. The van der Waals surface area contributed by atoms with Crippen LogP contribution < -0.4 is 4.72 Å². The quantitative estimate of drug-likeness (QED) is 0.742. The number of fused-ring (bicyclic) bond motifs is 1. The lowest BCUT2D eigenvalue weighted by Crippen LogP contribution is -2.13. The zero-order valence-corrected chi connectivity index (χ0v) is 13.3. The molecule has 8 heteroatoms. The molecule has 0 aliphatic carbocycles. The van der Waals surface area contributed by atoms with Gasteiger partial charge < -0.3 is 0 Å². The van der Waals surface area contributed by atoms with E-state index < -0.39 is 10.0 Å². The van der Waals surface area contributed by atoms with Gasteiger partial charge in [-0.1, -0.05) is 29.0 Å². The molecule has 0 radical (unpaired) electrons. The summed E-state index contributed by atoms with van der Waals surface area (Å²) in [5.41, 5.74) is 1.84. The van der Waals surface area contributed by atoms with Crippen molar-refractivity contribution in [3.8, 4) is 0 Å². The van der Waals surface area contributed by atoms with E-state index in [1.165, 1.54) is 29.7 Å². The highest BCUT2D eigenvalue weighted by molar-refractivity contribution is 7.93. The molecule has 2 aromatic heterocycles. The van der Waals surface area contributed by atoms with E-state index in [0.717, 1.165) is 15.8 Å². The molecular weight excluding hydrogens is 330 g/mol. The molecule has 0 unspecified atom stereocenters. The number of hydrogen-bond donors (Lipinski definition) is 1. The first-order chi connectivity index (χ1) is 9.95. The van der Waals surface area contributed by atoms with Gasteiger partial charge in [-0.15, -0.1) is 0 Å². The van der Waals surface area contributed by atoms with Gasteiger partial charge in [0.05, 0.1) is 10.2 Å². The van der Waals surface area contributed by atoms with Crippen molar-refractivity contribution in [1.82, 2.24) is 9.97 Å². The summed E-state index contributed by atoms with van der Waals surface area (Å²) in [6.45, 7) is 1.97. The molecule has 0 amide bonds. The van der Waals surface area contributed by atoms with Crippen LogP contribution in [-0.2, 0) is 10.0 Å². The second-order valence-corrected chi connectivity index (χ2v) is 7.43. The predicted molar refractivity (Wildman–Crippen MR) is 84.4 cm³/mol. The van der Waals surface area contributed by atoms with Crippen LogP contribution in [0.25, 0.3) is 10.2 Å². The first-order valence-electron chi connectivity index (χ1n) is 5.96. The molecule has 5 nitrogen and oxygen atoms in total. The second-order valence-electron chi connectivity index (χ2n) is 4.39. The van der Waals surface area contributed by atoms with Gasteiger partial charge in [-0.25, -0.2) is 18.4 Å². The number of hydrogen-bond acceptors (Lipinski definition) is 5. The maximum absolute atomic E-state index is 12.3. The van der Waals surface area contributed by atoms with Crippen LogP contribution in [0, 0.1) is 6.92 Å². The molecule has 0 saturated heterocycles. The van der Waals surface area contributed by atoms with Gasteiger partial charge in [-0.05, 0) is 36.8 Å². The van der Waals surface area contributed by atoms with Gasteiger partial charge in [0.1, 0.15) is 10.0 Å². The minimum atomic E-state index is -3.80. The summed E-state index contributed by atoms with van der Waals surface area (Å²) in [5.74, 6) is 0. The molecule has 1 aromatic carbocycles. The number of pyridine rings is 1. The number of halogens is 1. The normalized spacial score (nSPS) is 11.7. The molecule has 2 heterocycles. The Kier molecular flexibility index (Phi) is 3.56. The summed E-state index contributed by atoms with van der Waals surface area (Å²) in [7, 11) is -3.80. The highest BCUT2D eigenvalue weighted by Gasteiger charge is 2.20. The molecule has 3 aromatic rings. The Morgan fingerprint density at radius 3 is 2.86 bits per heavy atom. The molecule has 0 spiro atoms. The Hall–Kier alpha value is -1.70. The predicted octanol–water partition coefficient (Wildman–Crippen LogP) is 3.45. The number of nitrogens with one attached hydrogen (secondary N) is 1. The molecule has 0 bridgehead atoms. The molecule has 0 fully saturated rings. The van der Waals surface area contributed by atoms with Crippen LogP contribution in [0.1, 0.15) is 5.56 Å². The van der Waals surface area contributed by atoms with Crippen molar-refractivity contribution in [2.24, 2.45) is 0 Å². The SMILES string of the molecule is Cc1ccc2nc(NS(=O)(=O)c3cccnc3Cl)sc2c1. The van der Waals surface area contributed by atoms with Crippen LogP contribution >= 0.6 is 22.9 Å². The van der Waals surface area contributed by atoms with Gasteiger partial charge in [0.2, 0.25) is 0 Å². The molecule has 0 atom stereocenters. The third-order valence-corrected chi connectivity index (χ3v) is 5.63. The van der Waals surface area contributed by atoms with E-state index in [0.29, 0.717) is 5.13 Å². The summed E-state index contributed by atoms with van der Waals surface area (Å²) in [6, 6.07) is 8.66. The Labute approximate surface area is 130 Å². The highest BCUT2D eigenvalue weighted by atomic mass is 35.5. The minimum Gasteiger partial charge on any atom is -0.255 e. The van der Waals surface area contributed by atoms with Crippen LogP contribution in [0.3, 0.4) is 0 Å². The Bertz CT molecular complexity index is 922. The molecule has 3 rings (SSSR count). The number of nitrogens with zero attached hydrogens (tertiary/aromatic N) is 2. The van der Waals surface area contributed by atoms with Crippen molar-refractivity contribution in [2.45, 2.75) is 11.8 Å². The first kappa shape index (κ1) is 14.2. The van der Waals surface area contributed by atoms with Crippen LogP contribution in [0.15, 0.2) is 41.4 Å². The van der Waals surface area contributed by atoms with E-state index in [2.05, 4.69) is 14.7 Å². The van der Waals surface area contributed by atoms with Crippen molar-refractivity contribution in [3.63, 3.8) is 0 Å². The van der Waals surface area contributed by atoms with Gasteiger partial charge in [0.15, 0.2) is 5.13 Å². The highest BCUT2D eigenvalue weighted by Crippen LogP contribution is 2.29. The summed E-state index contributed by atoms with van der Waals surface area (Å²) in [4.78, 5) is 7.96. The van der Waals surface area contributed by atoms with E-state index in [4.69, 9.17) is 11.6 Å². The third kappa shape index (κ3) is 2.85. The van der Waals surface area contributed by atoms with E-state index in [1.54, 1.807) is 0 Å². The number of aryl methyl sites for hydroxylation is 1. The fraction of sp³-hybridized carbons (Fsp3) is 0.0769. The summed E-state index contributed by atoms with van der Waals surface area (Å²) in [6.07, 6.45) is 1.43. The fourth-order valence-corrected chi connectivity index (χ4v) is 4.47. The first-order valence-corrected chi connectivity index (χ1v) is 8.64. The summed E-state index contributed by atoms with van der Waals surface area (Å²) < 4.78 is 28.0. The van der Waals surface area contributed by atoms with Crippen molar-refractivity contribution >= 4 is 48.3 Å². The summed E-state index contributed by atoms with van der Waals surface area (Å²) in [5, 5.41) is 0.234. The Morgan fingerprint density at radius 1 is 1.29 bits per heavy atom. The third-order valence-electron chi connectivity index (χ3n) is 2.78. The van der Waals surface area contributed by atoms with E-state index in [9.17, 15) is 8.42 Å². The maximum Gasteiger partial charge on any atom is 0.266 e. The van der Waals surface area contributed by atoms with Gasteiger partial charge >= 0.3 is 0 Å². The maximum atomic E-state index is 12.3. The van der Waals surface area contributed by atoms with Gasteiger partial charge in [-0.2, -0.15) is 0 Å². The average Bonchev–Trinajstić information content (AvgIpc) is 2.79. The van der Waals surface area contributed by atoms with Gasteiger partial charge in [-0.3, -0.25) is 4.72 Å². The minimum absolute atomic E-state index is 0.0675. The van der Waals surface area contributed by atoms with E-state index in [1.807, 2.05) is 25.1 Å². The van der Waals surface area contributed by atoms with E-state index >= 15 is 0 Å². The lowest BCUT2D eigenvalue weighted by molar-refractivity contribution is 0.601. The molecule has 0 saturated carbocycles. The molecule has 1 N–H and O–H groups in total. The topological polar surface area (TPSA) is 72.0 Å². The van der Waals surface area contributed by atoms with Gasteiger partial charge in [0, 0.05) is 6.20 Å². The van der Waals surface area contributed by atoms with Crippen molar-refractivity contribution in [1.29, 1.82) is 0 Å². The fourth-order valence-electron chi connectivity index (χ4n) is 1.82. The molecule has 0 aliphatic rings. The number of anilines is 1. The number of benzene rings is 1. The molecule has 108 valence electrons. The van der Waals surface area contributed by atoms with Crippen LogP contribution in [-0.4, -0.2) is 18.4 Å². The lowest BCUT2D eigenvalue weighted by atomic mass is 10.2. The van der Waals surface area contributed by atoms with Crippen molar-refractivity contribution in [3.05, 3.63) is 47.2 Å². The zero-order valence-electron chi connectivity index (χ0n) is 10.9. The van der Waals surface area contributed by atoms with Crippen LogP contribution in [0.4, 0.5) is 5.13 Å². The monoisotopic (exact) mass is 339 g/mol. The molecular formula is C13H10ClN3O2S2. The number of rotatable bonds is 3. The second kappa shape index (κ2) is 5.25. The van der Waals surface area contributed by atoms with Crippen molar-refractivity contribution < 1.29 is 8.42 Å². The number of aromatic nitrogens is 2. The lowest BCUT2D eigenvalue weighted by Gasteiger charge is -2.05. The van der Waals surface area contributed by atoms with E-state index in [-0.39, 0.29) is 10.0 Å². The Balaban J connectivity index is 1.99. The summed E-state index contributed by atoms with van der Waals surface area (Å²) >= 11 is 7.10. The standard InChI is InChI=1S/C13H10ClN3O2S2/c1-8-4-5-9-10(7-8)20-13(16-9)17-21(18,19)11-3-2-6-15-12(11)14/h2-7H,1H3,(H,16,17). The largest absolute Gasteiger partial charge is 0.266 e.